The maximum absolute atomic E-state index is 10.7. The van der Waals surface area contributed by atoms with Gasteiger partial charge in [-0.1, -0.05) is 40.8 Å². The zero-order valence-electron chi connectivity index (χ0n) is 9.64. The first-order valence-corrected chi connectivity index (χ1v) is 8.01. The van der Waals surface area contributed by atoms with E-state index in [2.05, 4.69) is 33.9 Å². The van der Waals surface area contributed by atoms with Crippen LogP contribution in [0.15, 0.2) is 0 Å². The summed E-state index contributed by atoms with van der Waals surface area (Å²) in [5.41, 5.74) is 0. The third-order valence-electron chi connectivity index (χ3n) is 3.27. The monoisotopic (exact) mass is 202 g/mol. The molecule has 1 N–H and O–H groups in total. The molecular weight excluding hydrogens is 180 g/mol. The van der Waals surface area contributed by atoms with Gasteiger partial charge >= 0.3 is 5.97 Å². The number of rotatable bonds is 3. The van der Waals surface area contributed by atoms with Crippen LogP contribution in [0.3, 0.4) is 0 Å². The maximum atomic E-state index is 10.7. The molecule has 0 saturated carbocycles. The Morgan fingerprint density at radius 3 is 2.00 bits per heavy atom. The van der Waals surface area contributed by atoms with Crippen LogP contribution in [-0.2, 0) is 4.79 Å². The Morgan fingerprint density at radius 1 is 1.38 bits per heavy atom. The standard InChI is InChI=1S/C10H22O2Si/c1-8(9(11)12)7-13(5,6)10(2,3)4/h8H,7H2,1-6H3,(H,11,12). The fraction of sp³-hybridized carbons (Fsp3) is 0.900. The van der Waals surface area contributed by atoms with Crippen molar-refractivity contribution in [1.29, 1.82) is 0 Å². The summed E-state index contributed by atoms with van der Waals surface area (Å²) in [4.78, 5) is 10.7. The zero-order chi connectivity index (χ0) is 10.9. The van der Waals surface area contributed by atoms with Crippen LogP contribution in [-0.4, -0.2) is 19.1 Å². The number of carboxylic acid groups (broad SMARTS) is 1. The maximum Gasteiger partial charge on any atom is 0.305 e. The average Bonchev–Trinajstić information content (AvgIpc) is 1.83. The number of carboxylic acids is 1. The van der Waals surface area contributed by atoms with Gasteiger partial charge in [-0.15, -0.1) is 0 Å². The smallest absolute Gasteiger partial charge is 0.305 e. The van der Waals surface area contributed by atoms with E-state index in [-0.39, 0.29) is 11.0 Å². The van der Waals surface area contributed by atoms with Gasteiger partial charge in [-0.2, -0.15) is 0 Å². The van der Waals surface area contributed by atoms with Crippen molar-refractivity contribution in [2.24, 2.45) is 5.92 Å². The molecule has 0 spiro atoms. The largest absolute Gasteiger partial charge is 0.481 e. The molecule has 0 aromatic carbocycles. The summed E-state index contributed by atoms with van der Waals surface area (Å²) in [7, 11) is -1.41. The Kier molecular flexibility index (Phi) is 3.73. The molecule has 0 amide bonds. The summed E-state index contributed by atoms with van der Waals surface area (Å²) in [6.07, 6.45) is 0. The highest BCUT2D eigenvalue weighted by Gasteiger charge is 2.37. The molecule has 0 radical (unpaired) electrons. The van der Waals surface area contributed by atoms with Crippen molar-refractivity contribution in [1.82, 2.24) is 0 Å². The molecule has 13 heavy (non-hydrogen) atoms. The first-order chi connectivity index (χ1) is 5.58. The molecule has 78 valence electrons. The fourth-order valence-corrected chi connectivity index (χ4v) is 3.48. The lowest BCUT2D eigenvalue weighted by Gasteiger charge is -2.38. The van der Waals surface area contributed by atoms with Crippen molar-refractivity contribution in [3.63, 3.8) is 0 Å². The molecule has 2 nitrogen and oxygen atoms in total. The van der Waals surface area contributed by atoms with Crippen molar-refractivity contribution in [3.05, 3.63) is 0 Å². The highest BCUT2D eigenvalue weighted by atomic mass is 28.3. The predicted octanol–water partition coefficient (Wildman–Crippen LogP) is 3.22. The quantitative estimate of drug-likeness (QED) is 0.713. The van der Waals surface area contributed by atoms with E-state index < -0.39 is 14.0 Å². The molecule has 0 aromatic heterocycles. The fourth-order valence-electron chi connectivity index (χ4n) is 1.16. The summed E-state index contributed by atoms with van der Waals surface area (Å²) in [5.74, 6) is -0.856. The molecule has 1 unspecified atom stereocenters. The topological polar surface area (TPSA) is 37.3 Å². The van der Waals surface area contributed by atoms with Crippen molar-refractivity contribution >= 4 is 14.0 Å². The van der Waals surface area contributed by atoms with Crippen molar-refractivity contribution in [2.75, 3.05) is 0 Å². The second kappa shape index (κ2) is 3.82. The SMILES string of the molecule is CC(C[Si](C)(C)C(C)(C)C)C(=O)O. The van der Waals surface area contributed by atoms with E-state index in [0.29, 0.717) is 0 Å². The van der Waals surface area contributed by atoms with Crippen LogP contribution in [0.4, 0.5) is 0 Å². The van der Waals surface area contributed by atoms with Gasteiger partial charge in [0.1, 0.15) is 0 Å². The van der Waals surface area contributed by atoms with Crippen LogP contribution >= 0.6 is 0 Å². The van der Waals surface area contributed by atoms with Gasteiger partial charge in [-0.25, -0.2) is 0 Å². The molecule has 0 heterocycles. The molecule has 0 rings (SSSR count). The lowest BCUT2D eigenvalue weighted by atomic mass is 10.2. The number of aliphatic carboxylic acids is 1. The van der Waals surface area contributed by atoms with Gasteiger partial charge in [-0.3, -0.25) is 4.79 Å². The van der Waals surface area contributed by atoms with E-state index in [1.807, 2.05) is 6.92 Å². The molecule has 1 atom stereocenters. The zero-order valence-corrected chi connectivity index (χ0v) is 10.6. The van der Waals surface area contributed by atoms with Crippen molar-refractivity contribution < 1.29 is 9.90 Å². The normalized spacial score (nSPS) is 15.5. The highest BCUT2D eigenvalue weighted by molar-refractivity contribution is 6.80. The van der Waals surface area contributed by atoms with Gasteiger partial charge in [0.2, 0.25) is 0 Å². The van der Waals surface area contributed by atoms with Gasteiger partial charge in [0.05, 0.1) is 14.0 Å². The summed E-state index contributed by atoms with van der Waals surface area (Å²) >= 11 is 0. The van der Waals surface area contributed by atoms with Crippen LogP contribution in [0.25, 0.3) is 0 Å². The Bertz CT molecular complexity index is 192. The van der Waals surface area contributed by atoms with E-state index >= 15 is 0 Å². The van der Waals surface area contributed by atoms with Gasteiger partial charge in [-0.05, 0) is 11.1 Å². The molecule has 3 heteroatoms. The molecule has 0 aliphatic heterocycles. The summed E-state index contributed by atoms with van der Waals surface area (Å²) in [6.45, 7) is 13.0. The predicted molar refractivity (Wildman–Crippen MR) is 58.8 cm³/mol. The third-order valence-corrected chi connectivity index (χ3v) is 8.96. The molecule has 0 saturated heterocycles. The van der Waals surface area contributed by atoms with Crippen LogP contribution < -0.4 is 0 Å². The second-order valence-electron chi connectivity index (χ2n) is 5.58. The minimum atomic E-state index is -1.41. The molecule has 0 aliphatic rings. The van der Waals surface area contributed by atoms with Crippen LogP contribution in [0, 0.1) is 5.92 Å². The van der Waals surface area contributed by atoms with E-state index in [1.165, 1.54) is 0 Å². The van der Waals surface area contributed by atoms with E-state index in [0.717, 1.165) is 6.04 Å². The Morgan fingerprint density at radius 2 is 1.77 bits per heavy atom. The number of hydrogen-bond acceptors (Lipinski definition) is 1. The highest BCUT2D eigenvalue weighted by Crippen LogP contribution is 2.40. The van der Waals surface area contributed by atoms with E-state index in [9.17, 15) is 4.79 Å². The van der Waals surface area contributed by atoms with E-state index in [1.54, 1.807) is 0 Å². The molecule has 0 fully saturated rings. The first-order valence-electron chi connectivity index (χ1n) is 4.81. The summed E-state index contributed by atoms with van der Waals surface area (Å²) < 4.78 is 0. The number of carbonyl (C=O) groups is 1. The first kappa shape index (κ1) is 12.7. The third kappa shape index (κ3) is 3.51. The van der Waals surface area contributed by atoms with E-state index in [4.69, 9.17) is 5.11 Å². The van der Waals surface area contributed by atoms with Gasteiger partial charge in [0.25, 0.3) is 0 Å². The lowest BCUT2D eigenvalue weighted by molar-refractivity contribution is -0.140. The Balaban J connectivity index is 4.43. The molecule has 0 bridgehead atoms. The lowest BCUT2D eigenvalue weighted by Crippen LogP contribution is -2.39. The Hall–Kier alpha value is -0.313. The van der Waals surface area contributed by atoms with Gasteiger partial charge < -0.3 is 5.11 Å². The summed E-state index contributed by atoms with van der Waals surface area (Å²) in [5, 5.41) is 9.12. The minimum absolute atomic E-state index is 0.194. The summed E-state index contributed by atoms with van der Waals surface area (Å²) in [6, 6.07) is 0.867. The van der Waals surface area contributed by atoms with Crippen LogP contribution in [0.1, 0.15) is 27.7 Å². The minimum Gasteiger partial charge on any atom is -0.481 e. The van der Waals surface area contributed by atoms with Crippen LogP contribution in [0.5, 0.6) is 0 Å². The average molecular weight is 202 g/mol. The van der Waals surface area contributed by atoms with Crippen LogP contribution in [0.2, 0.25) is 24.2 Å². The second-order valence-corrected chi connectivity index (χ2v) is 11.3. The number of hydrogen-bond donors (Lipinski definition) is 1. The molecule has 0 aromatic rings. The van der Waals surface area contributed by atoms with Crippen molar-refractivity contribution in [3.8, 4) is 0 Å². The van der Waals surface area contributed by atoms with Crippen molar-refractivity contribution in [2.45, 2.75) is 51.9 Å². The molecule has 0 aliphatic carbocycles. The Labute approximate surface area is 82.4 Å². The van der Waals surface area contributed by atoms with Gasteiger partial charge in [0, 0.05) is 0 Å². The molecular formula is C10H22O2Si. The van der Waals surface area contributed by atoms with Gasteiger partial charge in [0.15, 0.2) is 0 Å².